The summed E-state index contributed by atoms with van der Waals surface area (Å²) in [6, 6.07) is 15.8. The molecule has 0 spiro atoms. The number of nitrogens with one attached hydrogen (secondary N) is 4. The minimum Gasteiger partial charge on any atom is -0.361 e. The van der Waals surface area contributed by atoms with Crippen molar-refractivity contribution in [2.24, 2.45) is 5.92 Å². The highest BCUT2D eigenvalue weighted by Crippen LogP contribution is 2.25. The van der Waals surface area contributed by atoms with Gasteiger partial charge in [0, 0.05) is 28.1 Å². The van der Waals surface area contributed by atoms with Crippen molar-refractivity contribution < 1.29 is 4.79 Å². The molecule has 192 valence electrons. The van der Waals surface area contributed by atoms with Crippen molar-refractivity contribution >= 4 is 47.9 Å². The van der Waals surface area contributed by atoms with Gasteiger partial charge in [0.1, 0.15) is 13.9 Å². The van der Waals surface area contributed by atoms with Crippen LogP contribution in [-0.2, 0) is 0 Å². The molecule has 1 fully saturated rings. The summed E-state index contributed by atoms with van der Waals surface area (Å²) in [5.74, 6) is 1.27. The number of hydrogen-bond acceptors (Lipinski definition) is 3. The zero-order valence-electron chi connectivity index (χ0n) is 22.1. The SMILES string of the molecule is Cc1ccc(-n2nc([Si](C)(C)C)cc2NC(=O)Nc2ccc3[nH]cc(/C=C/C4CCNCC4)c3c2)cc1. The second-order valence-electron chi connectivity index (χ2n) is 10.9. The van der Waals surface area contributed by atoms with Crippen LogP contribution in [0.15, 0.2) is 60.8 Å². The van der Waals surface area contributed by atoms with E-state index in [1.54, 1.807) is 0 Å². The number of piperidine rings is 1. The molecule has 5 rings (SSSR count). The molecule has 1 aliphatic heterocycles. The van der Waals surface area contributed by atoms with E-state index >= 15 is 0 Å². The molecule has 0 saturated carbocycles. The number of aromatic nitrogens is 3. The van der Waals surface area contributed by atoms with E-state index in [1.165, 1.54) is 18.4 Å². The molecule has 1 saturated heterocycles. The maximum atomic E-state index is 13.1. The van der Waals surface area contributed by atoms with Gasteiger partial charge in [-0.2, -0.15) is 5.10 Å². The van der Waals surface area contributed by atoms with Gasteiger partial charge in [-0.05, 0) is 80.7 Å². The third kappa shape index (κ3) is 5.86. The van der Waals surface area contributed by atoms with Crippen molar-refractivity contribution in [2.45, 2.75) is 39.4 Å². The summed E-state index contributed by atoms with van der Waals surface area (Å²) in [6.07, 6.45) is 8.90. The second-order valence-corrected chi connectivity index (χ2v) is 16.0. The van der Waals surface area contributed by atoms with E-state index in [0.29, 0.717) is 11.7 Å². The lowest BCUT2D eigenvalue weighted by Crippen LogP contribution is -2.39. The number of amides is 2. The van der Waals surface area contributed by atoms with Gasteiger partial charge < -0.3 is 15.6 Å². The van der Waals surface area contributed by atoms with Crippen LogP contribution in [0.3, 0.4) is 0 Å². The fourth-order valence-electron chi connectivity index (χ4n) is 4.63. The predicted molar refractivity (Wildman–Crippen MR) is 157 cm³/mol. The molecule has 4 N–H and O–H groups in total. The Morgan fingerprint density at radius 1 is 1.05 bits per heavy atom. The number of anilines is 2. The Hall–Kier alpha value is -3.62. The lowest BCUT2D eigenvalue weighted by atomic mass is 9.97. The summed E-state index contributed by atoms with van der Waals surface area (Å²) in [5.41, 5.74) is 5.03. The van der Waals surface area contributed by atoms with Crippen molar-refractivity contribution in [3.8, 4) is 5.69 Å². The van der Waals surface area contributed by atoms with Gasteiger partial charge in [-0.25, -0.2) is 9.48 Å². The maximum absolute atomic E-state index is 13.1. The Labute approximate surface area is 219 Å². The van der Waals surface area contributed by atoms with Crippen LogP contribution < -0.4 is 21.3 Å². The Bertz CT molecular complexity index is 1420. The van der Waals surface area contributed by atoms with E-state index in [9.17, 15) is 4.79 Å². The van der Waals surface area contributed by atoms with Crippen molar-refractivity contribution in [3.63, 3.8) is 0 Å². The van der Waals surface area contributed by atoms with Crippen LogP contribution >= 0.6 is 0 Å². The summed E-state index contributed by atoms with van der Waals surface area (Å²) in [5, 5.41) is 16.5. The van der Waals surface area contributed by atoms with E-state index in [0.717, 1.165) is 46.2 Å². The predicted octanol–water partition coefficient (Wildman–Crippen LogP) is 5.86. The molecule has 0 radical (unpaired) electrons. The average Bonchev–Trinajstić information content (AvgIpc) is 3.48. The zero-order chi connectivity index (χ0) is 26.0. The minimum atomic E-state index is -1.68. The van der Waals surface area contributed by atoms with Crippen LogP contribution in [0.25, 0.3) is 22.7 Å². The Kier molecular flexibility index (Phi) is 7.04. The van der Waals surface area contributed by atoms with Crippen molar-refractivity contribution in [1.82, 2.24) is 20.1 Å². The molecule has 1 aliphatic rings. The van der Waals surface area contributed by atoms with Crippen molar-refractivity contribution in [2.75, 3.05) is 23.7 Å². The molecule has 8 heteroatoms. The van der Waals surface area contributed by atoms with Crippen LogP contribution in [0.2, 0.25) is 19.6 Å². The molecule has 0 unspecified atom stereocenters. The van der Waals surface area contributed by atoms with Crippen LogP contribution in [0.5, 0.6) is 0 Å². The summed E-state index contributed by atoms with van der Waals surface area (Å²) in [7, 11) is -1.68. The first kappa shape index (κ1) is 25.0. The van der Waals surface area contributed by atoms with Crippen LogP contribution in [0.1, 0.15) is 24.0 Å². The molecular weight excluding hydrogens is 476 g/mol. The standard InChI is InChI=1S/C29H36N6OSi/c1-20-5-10-24(11-6-20)35-27(18-28(34-35)37(2,3)4)33-29(36)32-23-9-12-26-25(17-23)22(19-31-26)8-7-21-13-15-30-16-14-21/h5-12,17-19,21,30-31H,13-16H2,1-4H3,(H2,32,33,36)/b8-7+. The smallest absolute Gasteiger partial charge is 0.324 e. The van der Waals surface area contributed by atoms with Gasteiger partial charge in [0.2, 0.25) is 0 Å². The van der Waals surface area contributed by atoms with Crippen LogP contribution in [-0.4, -0.2) is 42.0 Å². The molecule has 0 bridgehead atoms. The number of carbonyl (C=O) groups excluding carboxylic acids is 1. The van der Waals surface area contributed by atoms with E-state index < -0.39 is 8.07 Å². The Morgan fingerprint density at radius 3 is 2.54 bits per heavy atom. The average molecular weight is 513 g/mol. The number of urea groups is 1. The highest BCUT2D eigenvalue weighted by atomic mass is 28.3. The van der Waals surface area contributed by atoms with Gasteiger partial charge in [-0.1, -0.05) is 49.5 Å². The van der Waals surface area contributed by atoms with E-state index in [1.807, 2.05) is 47.3 Å². The monoisotopic (exact) mass is 512 g/mol. The fourth-order valence-corrected chi connectivity index (χ4v) is 5.60. The number of fused-ring (bicyclic) bond motifs is 1. The first-order chi connectivity index (χ1) is 17.8. The molecule has 37 heavy (non-hydrogen) atoms. The Morgan fingerprint density at radius 2 is 1.81 bits per heavy atom. The quantitative estimate of drug-likeness (QED) is 0.244. The molecule has 0 aliphatic carbocycles. The number of carbonyl (C=O) groups is 1. The number of aromatic amines is 1. The van der Waals surface area contributed by atoms with Gasteiger partial charge in [0.05, 0.1) is 5.69 Å². The lowest BCUT2D eigenvalue weighted by Gasteiger charge is -2.19. The van der Waals surface area contributed by atoms with Crippen LogP contribution in [0, 0.1) is 12.8 Å². The number of H-pyrrole nitrogens is 1. The summed E-state index contributed by atoms with van der Waals surface area (Å²) in [4.78, 5) is 16.4. The van der Waals surface area contributed by atoms with E-state index in [4.69, 9.17) is 5.10 Å². The number of benzene rings is 2. The molecule has 2 amide bonds. The normalized spacial score (nSPS) is 14.9. The number of hydrogen-bond donors (Lipinski definition) is 4. The lowest BCUT2D eigenvalue weighted by molar-refractivity contribution is 0.262. The molecule has 7 nitrogen and oxygen atoms in total. The third-order valence-corrected chi connectivity index (χ3v) is 8.68. The molecule has 3 heterocycles. The third-order valence-electron chi connectivity index (χ3n) is 6.90. The minimum absolute atomic E-state index is 0.294. The molecule has 4 aromatic rings. The summed E-state index contributed by atoms with van der Waals surface area (Å²) in [6.45, 7) is 11.0. The zero-order valence-corrected chi connectivity index (χ0v) is 23.1. The van der Waals surface area contributed by atoms with Gasteiger partial charge in [-0.15, -0.1) is 0 Å². The highest BCUT2D eigenvalue weighted by Gasteiger charge is 2.23. The maximum Gasteiger partial charge on any atom is 0.324 e. The number of allylic oxidation sites excluding steroid dienone is 1. The van der Waals surface area contributed by atoms with Crippen molar-refractivity contribution in [3.05, 3.63) is 71.9 Å². The van der Waals surface area contributed by atoms with E-state index in [-0.39, 0.29) is 6.03 Å². The summed E-state index contributed by atoms with van der Waals surface area (Å²) < 4.78 is 1.83. The number of rotatable bonds is 6. The topological polar surface area (TPSA) is 86.8 Å². The number of nitrogens with zero attached hydrogens (tertiary/aromatic N) is 2. The summed E-state index contributed by atoms with van der Waals surface area (Å²) >= 11 is 0. The molecule has 2 aromatic carbocycles. The van der Waals surface area contributed by atoms with Gasteiger partial charge in [0.25, 0.3) is 0 Å². The highest BCUT2D eigenvalue weighted by molar-refractivity contribution is 6.88. The fraction of sp³-hybridized carbons (Fsp3) is 0.310. The van der Waals surface area contributed by atoms with Crippen LogP contribution in [0.4, 0.5) is 16.3 Å². The largest absolute Gasteiger partial charge is 0.361 e. The van der Waals surface area contributed by atoms with Gasteiger partial charge >= 0.3 is 6.03 Å². The van der Waals surface area contributed by atoms with E-state index in [2.05, 4.69) is 71.8 Å². The number of aryl methyl sites for hydroxylation is 1. The van der Waals surface area contributed by atoms with Gasteiger partial charge in [-0.3, -0.25) is 5.32 Å². The second kappa shape index (κ2) is 10.4. The van der Waals surface area contributed by atoms with Crippen molar-refractivity contribution in [1.29, 1.82) is 0 Å². The molecule has 2 aromatic heterocycles. The molecular formula is C29H36N6OSi. The first-order valence-corrected chi connectivity index (χ1v) is 16.5. The Balaban J connectivity index is 1.35. The molecule has 0 atom stereocenters. The van der Waals surface area contributed by atoms with Gasteiger partial charge in [0.15, 0.2) is 0 Å². The first-order valence-electron chi connectivity index (χ1n) is 13.0.